The molecule has 4 rings (SSSR count). The van der Waals surface area contributed by atoms with Gasteiger partial charge in [-0.25, -0.2) is 4.68 Å². The Labute approximate surface area is 183 Å². The summed E-state index contributed by atoms with van der Waals surface area (Å²) in [5.41, 5.74) is 5.53. The smallest absolute Gasteiger partial charge is 0.310 e. The molecule has 0 aliphatic rings. The van der Waals surface area contributed by atoms with Crippen molar-refractivity contribution in [1.29, 1.82) is 0 Å². The first-order valence-corrected chi connectivity index (χ1v) is 10.7. The van der Waals surface area contributed by atoms with Gasteiger partial charge in [0, 0.05) is 16.7 Å². The lowest BCUT2D eigenvalue weighted by atomic mass is 9.99. The molecular formula is C27H26N2O2. The third-order valence-electron chi connectivity index (χ3n) is 5.16. The van der Waals surface area contributed by atoms with Gasteiger partial charge in [-0.15, -0.1) is 0 Å². The SMILES string of the molecule is CCCCOC(=O)Cc1c(-c2ccccc2)nn(-c2ccccc2)c1-c1ccccc1. The molecule has 0 bridgehead atoms. The molecule has 0 radical (unpaired) electrons. The molecule has 0 atom stereocenters. The quantitative estimate of drug-likeness (QED) is 0.261. The van der Waals surface area contributed by atoms with E-state index in [9.17, 15) is 4.79 Å². The van der Waals surface area contributed by atoms with E-state index < -0.39 is 0 Å². The Morgan fingerprint density at radius 2 is 1.42 bits per heavy atom. The van der Waals surface area contributed by atoms with Crippen LogP contribution in [0.15, 0.2) is 91.0 Å². The van der Waals surface area contributed by atoms with Crippen LogP contribution in [-0.4, -0.2) is 22.4 Å². The summed E-state index contributed by atoms with van der Waals surface area (Å²) in [6, 6.07) is 30.1. The first kappa shape index (κ1) is 20.6. The zero-order valence-corrected chi connectivity index (χ0v) is 17.7. The van der Waals surface area contributed by atoms with Crippen LogP contribution in [-0.2, 0) is 16.0 Å². The fraction of sp³-hybridized carbons (Fsp3) is 0.185. The Morgan fingerprint density at radius 1 is 0.839 bits per heavy atom. The lowest BCUT2D eigenvalue weighted by Crippen LogP contribution is -2.10. The maximum atomic E-state index is 12.7. The largest absolute Gasteiger partial charge is 0.465 e. The van der Waals surface area contributed by atoms with Crippen molar-refractivity contribution >= 4 is 5.97 Å². The van der Waals surface area contributed by atoms with E-state index in [1.54, 1.807) is 0 Å². The number of aromatic nitrogens is 2. The molecule has 156 valence electrons. The Bertz CT molecular complexity index is 1120. The van der Waals surface area contributed by atoms with Crippen LogP contribution in [0.1, 0.15) is 25.3 Å². The van der Waals surface area contributed by atoms with Crippen molar-refractivity contribution in [3.8, 4) is 28.2 Å². The zero-order chi connectivity index (χ0) is 21.5. The summed E-state index contributed by atoms with van der Waals surface area (Å²) in [5.74, 6) is -0.226. The van der Waals surface area contributed by atoms with Crippen LogP contribution in [0.5, 0.6) is 0 Å². The molecule has 0 fully saturated rings. The molecule has 4 aromatic rings. The second-order valence-electron chi connectivity index (χ2n) is 7.41. The van der Waals surface area contributed by atoms with Crippen molar-refractivity contribution in [2.75, 3.05) is 6.61 Å². The van der Waals surface area contributed by atoms with Crippen LogP contribution in [0.25, 0.3) is 28.2 Å². The van der Waals surface area contributed by atoms with Gasteiger partial charge in [-0.1, -0.05) is 92.2 Å². The zero-order valence-electron chi connectivity index (χ0n) is 17.7. The lowest BCUT2D eigenvalue weighted by molar-refractivity contribution is -0.142. The number of hydrogen-bond donors (Lipinski definition) is 0. The number of rotatable bonds is 8. The van der Waals surface area contributed by atoms with Gasteiger partial charge in [0.05, 0.1) is 30.1 Å². The van der Waals surface area contributed by atoms with Crippen molar-refractivity contribution in [2.45, 2.75) is 26.2 Å². The van der Waals surface area contributed by atoms with Gasteiger partial charge in [-0.3, -0.25) is 4.79 Å². The third-order valence-corrected chi connectivity index (χ3v) is 5.16. The average Bonchev–Trinajstić information content (AvgIpc) is 3.20. The maximum Gasteiger partial charge on any atom is 0.310 e. The van der Waals surface area contributed by atoms with E-state index in [-0.39, 0.29) is 12.4 Å². The molecule has 1 heterocycles. The van der Waals surface area contributed by atoms with E-state index in [1.165, 1.54) is 0 Å². The molecule has 4 nitrogen and oxygen atoms in total. The van der Waals surface area contributed by atoms with Gasteiger partial charge in [-0.05, 0) is 18.6 Å². The standard InChI is InChI=1S/C27H26N2O2/c1-2-3-19-31-25(30)20-24-26(21-13-7-4-8-14-21)28-29(23-17-11-6-12-18-23)27(24)22-15-9-5-10-16-22/h4-18H,2-3,19-20H2,1H3. The summed E-state index contributed by atoms with van der Waals surface area (Å²) in [6.45, 7) is 2.53. The molecule has 4 heteroatoms. The monoisotopic (exact) mass is 410 g/mol. The molecular weight excluding hydrogens is 384 g/mol. The summed E-state index contributed by atoms with van der Waals surface area (Å²) in [6.07, 6.45) is 2.03. The van der Waals surface area contributed by atoms with Gasteiger partial charge in [0.1, 0.15) is 0 Å². The molecule has 31 heavy (non-hydrogen) atoms. The minimum absolute atomic E-state index is 0.172. The molecule has 0 saturated heterocycles. The first-order chi connectivity index (χ1) is 15.3. The van der Waals surface area contributed by atoms with Crippen LogP contribution in [0.2, 0.25) is 0 Å². The van der Waals surface area contributed by atoms with Crippen molar-refractivity contribution < 1.29 is 9.53 Å². The molecule has 1 aromatic heterocycles. The second kappa shape index (κ2) is 9.90. The van der Waals surface area contributed by atoms with Gasteiger partial charge in [0.2, 0.25) is 0 Å². The highest BCUT2D eigenvalue weighted by atomic mass is 16.5. The predicted octanol–water partition coefficient (Wildman–Crippen LogP) is 6.09. The number of nitrogens with zero attached hydrogens (tertiary/aromatic N) is 2. The summed E-state index contributed by atoms with van der Waals surface area (Å²) < 4.78 is 7.44. The van der Waals surface area contributed by atoms with Crippen molar-refractivity contribution in [3.63, 3.8) is 0 Å². The number of hydrogen-bond acceptors (Lipinski definition) is 3. The van der Waals surface area contributed by atoms with Gasteiger partial charge in [-0.2, -0.15) is 5.10 Å². The summed E-state index contributed by atoms with van der Waals surface area (Å²) in [5, 5.41) is 4.99. The third kappa shape index (κ3) is 4.75. The Balaban J connectivity index is 1.88. The molecule has 0 spiro atoms. The van der Waals surface area contributed by atoms with E-state index in [1.807, 2.05) is 83.5 Å². The predicted molar refractivity (Wildman–Crippen MR) is 124 cm³/mol. The number of carbonyl (C=O) groups is 1. The van der Waals surface area contributed by atoms with Crippen LogP contribution >= 0.6 is 0 Å². The minimum atomic E-state index is -0.226. The number of ether oxygens (including phenoxy) is 1. The van der Waals surface area contributed by atoms with E-state index in [2.05, 4.69) is 19.1 Å². The molecule has 0 aliphatic carbocycles. The fourth-order valence-corrected chi connectivity index (χ4v) is 3.62. The molecule has 3 aromatic carbocycles. The van der Waals surface area contributed by atoms with E-state index in [0.717, 1.165) is 46.6 Å². The van der Waals surface area contributed by atoms with Crippen LogP contribution in [0.3, 0.4) is 0 Å². The number of unbranched alkanes of at least 4 members (excludes halogenated alkanes) is 1. The normalized spacial score (nSPS) is 10.7. The van der Waals surface area contributed by atoms with Gasteiger partial charge in [0.15, 0.2) is 0 Å². The highest BCUT2D eigenvalue weighted by Gasteiger charge is 2.23. The van der Waals surface area contributed by atoms with Crippen LogP contribution in [0, 0.1) is 0 Å². The van der Waals surface area contributed by atoms with Gasteiger partial charge < -0.3 is 4.74 Å². The van der Waals surface area contributed by atoms with E-state index in [0.29, 0.717) is 6.61 Å². The number of benzene rings is 3. The molecule has 0 aliphatic heterocycles. The lowest BCUT2D eigenvalue weighted by Gasteiger charge is -2.10. The summed E-state index contributed by atoms with van der Waals surface area (Å²) in [7, 11) is 0. The Morgan fingerprint density at radius 3 is 2.03 bits per heavy atom. The maximum absolute atomic E-state index is 12.7. The summed E-state index contributed by atoms with van der Waals surface area (Å²) in [4.78, 5) is 12.7. The van der Waals surface area contributed by atoms with Crippen LogP contribution in [0.4, 0.5) is 0 Å². The summed E-state index contributed by atoms with van der Waals surface area (Å²) >= 11 is 0. The first-order valence-electron chi connectivity index (χ1n) is 10.7. The average molecular weight is 411 g/mol. The molecule has 0 unspecified atom stereocenters. The van der Waals surface area contributed by atoms with Crippen molar-refractivity contribution in [1.82, 2.24) is 9.78 Å². The molecule has 0 saturated carbocycles. The number of esters is 1. The van der Waals surface area contributed by atoms with Gasteiger partial charge in [0.25, 0.3) is 0 Å². The van der Waals surface area contributed by atoms with E-state index in [4.69, 9.17) is 9.84 Å². The van der Waals surface area contributed by atoms with Crippen molar-refractivity contribution in [2.24, 2.45) is 0 Å². The fourth-order valence-electron chi connectivity index (χ4n) is 3.62. The highest BCUT2D eigenvalue weighted by molar-refractivity contribution is 5.83. The van der Waals surface area contributed by atoms with Crippen LogP contribution < -0.4 is 0 Å². The van der Waals surface area contributed by atoms with E-state index >= 15 is 0 Å². The second-order valence-corrected chi connectivity index (χ2v) is 7.41. The topological polar surface area (TPSA) is 44.1 Å². The molecule has 0 amide bonds. The van der Waals surface area contributed by atoms with Crippen molar-refractivity contribution in [3.05, 3.63) is 96.6 Å². The molecule has 0 N–H and O–H groups in total. The highest BCUT2D eigenvalue weighted by Crippen LogP contribution is 2.34. The minimum Gasteiger partial charge on any atom is -0.465 e. The number of para-hydroxylation sites is 1. The number of carbonyl (C=O) groups excluding carboxylic acids is 1. The van der Waals surface area contributed by atoms with Gasteiger partial charge >= 0.3 is 5.97 Å². The Kier molecular flexibility index (Phi) is 6.58. The Hall–Kier alpha value is -3.66.